The number of sulfonamides is 1. The highest BCUT2D eigenvalue weighted by Crippen LogP contribution is 2.34. The number of aromatic nitrogens is 1. The Labute approximate surface area is 212 Å². The quantitative estimate of drug-likeness (QED) is 0.345. The number of ether oxygens (including phenoxy) is 1. The van der Waals surface area contributed by atoms with Crippen molar-refractivity contribution in [3.8, 4) is 5.75 Å². The third-order valence-electron chi connectivity index (χ3n) is 6.23. The Kier molecular flexibility index (Phi) is 6.78. The van der Waals surface area contributed by atoms with Gasteiger partial charge in [-0.1, -0.05) is 23.5 Å². The summed E-state index contributed by atoms with van der Waals surface area (Å²) in [5, 5.41) is 0.529. The first-order chi connectivity index (χ1) is 17.4. The number of rotatable bonds is 7. The summed E-state index contributed by atoms with van der Waals surface area (Å²) in [6.45, 7) is 0.452. The molecule has 0 atom stereocenters. The third-order valence-corrected chi connectivity index (χ3v) is 9.22. The van der Waals surface area contributed by atoms with Gasteiger partial charge in [0.2, 0.25) is 15.9 Å². The number of carbonyl (C=O) groups excluding carboxylic acids is 1. The Morgan fingerprint density at radius 3 is 2.67 bits per heavy atom. The highest BCUT2D eigenvalue weighted by Gasteiger charge is 2.36. The topological polar surface area (TPSA) is 93.0 Å². The van der Waals surface area contributed by atoms with Crippen LogP contribution in [0, 0.1) is 11.7 Å². The molecule has 0 saturated carbocycles. The summed E-state index contributed by atoms with van der Waals surface area (Å²) in [7, 11) is -2.40. The molecule has 2 aromatic heterocycles. The Hall–Kier alpha value is -3.28. The van der Waals surface area contributed by atoms with Crippen LogP contribution in [0.25, 0.3) is 10.2 Å². The molecule has 1 saturated heterocycles. The molecule has 0 bridgehead atoms. The average molecular weight is 530 g/mol. The van der Waals surface area contributed by atoms with E-state index in [1.165, 1.54) is 33.8 Å². The van der Waals surface area contributed by atoms with Crippen LogP contribution in [0.5, 0.6) is 5.75 Å². The summed E-state index contributed by atoms with van der Waals surface area (Å²) in [6, 6.07) is 14.4. The summed E-state index contributed by atoms with van der Waals surface area (Å²) in [6.07, 6.45) is 2.19. The van der Waals surface area contributed by atoms with Crippen molar-refractivity contribution in [2.45, 2.75) is 24.3 Å². The zero-order valence-electron chi connectivity index (χ0n) is 19.5. The van der Waals surface area contributed by atoms with Crippen LogP contribution in [0.4, 0.5) is 9.52 Å². The smallest absolute Gasteiger partial charge is 0.245 e. The molecular formula is C25H24FN3O5S2. The van der Waals surface area contributed by atoms with Gasteiger partial charge >= 0.3 is 0 Å². The summed E-state index contributed by atoms with van der Waals surface area (Å²) >= 11 is 1.39. The van der Waals surface area contributed by atoms with Gasteiger partial charge in [-0.15, -0.1) is 0 Å². The van der Waals surface area contributed by atoms with Crippen LogP contribution in [0.15, 0.2) is 70.2 Å². The number of thiazole rings is 1. The maximum Gasteiger partial charge on any atom is 0.245 e. The second-order valence-corrected chi connectivity index (χ2v) is 11.4. The van der Waals surface area contributed by atoms with Gasteiger partial charge < -0.3 is 9.15 Å². The number of hydrogen-bond donors (Lipinski definition) is 0. The number of amides is 1. The van der Waals surface area contributed by atoms with Gasteiger partial charge in [0.15, 0.2) is 5.13 Å². The monoisotopic (exact) mass is 529 g/mol. The second-order valence-electron chi connectivity index (χ2n) is 8.44. The van der Waals surface area contributed by atoms with Gasteiger partial charge in [0, 0.05) is 25.1 Å². The van der Waals surface area contributed by atoms with Crippen molar-refractivity contribution in [1.82, 2.24) is 9.29 Å². The van der Waals surface area contributed by atoms with Crippen LogP contribution in [-0.4, -0.2) is 43.8 Å². The molecule has 8 nitrogen and oxygen atoms in total. The van der Waals surface area contributed by atoms with E-state index in [2.05, 4.69) is 4.98 Å². The van der Waals surface area contributed by atoms with E-state index in [9.17, 15) is 17.6 Å². The minimum Gasteiger partial charge on any atom is -0.497 e. The Bertz CT molecular complexity index is 1480. The molecular weight excluding hydrogens is 505 g/mol. The van der Waals surface area contributed by atoms with E-state index in [-0.39, 0.29) is 30.4 Å². The van der Waals surface area contributed by atoms with E-state index in [4.69, 9.17) is 9.15 Å². The predicted molar refractivity (Wildman–Crippen MR) is 134 cm³/mol. The molecule has 188 valence electrons. The number of benzene rings is 2. The van der Waals surface area contributed by atoms with Crippen LogP contribution < -0.4 is 9.64 Å². The van der Waals surface area contributed by atoms with Crippen LogP contribution in [0.1, 0.15) is 18.6 Å². The minimum atomic E-state index is -3.98. The number of nitrogens with zero attached hydrogens (tertiary/aromatic N) is 3. The van der Waals surface area contributed by atoms with Gasteiger partial charge in [0.05, 0.1) is 30.1 Å². The Morgan fingerprint density at radius 1 is 1.19 bits per heavy atom. The molecule has 1 aliphatic rings. The Balaban J connectivity index is 1.37. The lowest BCUT2D eigenvalue weighted by Crippen LogP contribution is -2.44. The highest BCUT2D eigenvalue weighted by molar-refractivity contribution is 7.89. The lowest BCUT2D eigenvalue weighted by molar-refractivity contribution is -0.123. The molecule has 1 amide bonds. The van der Waals surface area contributed by atoms with Gasteiger partial charge in [-0.2, -0.15) is 4.31 Å². The molecule has 0 radical (unpaired) electrons. The molecule has 3 heterocycles. The first-order valence-electron chi connectivity index (χ1n) is 11.4. The van der Waals surface area contributed by atoms with Crippen molar-refractivity contribution in [3.63, 3.8) is 0 Å². The molecule has 4 aromatic rings. The number of carbonyl (C=O) groups is 1. The summed E-state index contributed by atoms with van der Waals surface area (Å²) in [4.78, 5) is 19.6. The van der Waals surface area contributed by atoms with Crippen molar-refractivity contribution >= 4 is 42.6 Å². The number of hydrogen-bond acceptors (Lipinski definition) is 7. The number of piperidine rings is 1. The fraction of sp³-hybridized carbons (Fsp3) is 0.280. The van der Waals surface area contributed by atoms with Crippen molar-refractivity contribution in [1.29, 1.82) is 0 Å². The number of halogens is 1. The molecule has 0 aliphatic carbocycles. The van der Waals surface area contributed by atoms with Gasteiger partial charge in [-0.3, -0.25) is 9.69 Å². The standard InChI is InChI=1S/C25H24FN3O5S2/c1-33-18-8-9-22-21(15-18)27-25(35-22)29(16-19-5-4-14-34-19)24(30)17-10-12-28(13-11-17)36(31,32)23-7-3-2-6-20(23)26/h2-9,14-15,17H,10-13,16H2,1H3. The van der Waals surface area contributed by atoms with Gasteiger partial charge in [-0.05, 0) is 49.2 Å². The van der Waals surface area contributed by atoms with Crippen molar-refractivity contribution in [2.75, 3.05) is 25.1 Å². The summed E-state index contributed by atoms with van der Waals surface area (Å²) < 4.78 is 53.0. The summed E-state index contributed by atoms with van der Waals surface area (Å²) in [5.74, 6) is -0.0619. The molecule has 5 rings (SSSR count). The van der Waals surface area contributed by atoms with Crippen LogP contribution >= 0.6 is 11.3 Å². The van der Waals surface area contributed by atoms with Crippen molar-refractivity contribution in [2.24, 2.45) is 5.92 Å². The van der Waals surface area contributed by atoms with Gasteiger partial charge in [0.25, 0.3) is 0 Å². The molecule has 1 aliphatic heterocycles. The maximum atomic E-state index is 14.2. The first kappa shape index (κ1) is 24.4. The molecule has 0 unspecified atom stereocenters. The fourth-order valence-corrected chi connectivity index (χ4v) is 6.78. The largest absolute Gasteiger partial charge is 0.497 e. The van der Waals surface area contributed by atoms with Crippen LogP contribution in [0.2, 0.25) is 0 Å². The molecule has 0 N–H and O–H groups in total. The first-order valence-corrected chi connectivity index (χ1v) is 13.7. The fourth-order valence-electron chi connectivity index (χ4n) is 4.29. The molecule has 2 aromatic carbocycles. The molecule has 36 heavy (non-hydrogen) atoms. The minimum absolute atomic E-state index is 0.124. The lowest BCUT2D eigenvalue weighted by atomic mass is 9.96. The van der Waals surface area contributed by atoms with E-state index in [1.54, 1.807) is 30.4 Å². The number of furan rings is 1. The van der Waals surface area contributed by atoms with E-state index in [0.717, 1.165) is 16.3 Å². The van der Waals surface area contributed by atoms with E-state index in [0.29, 0.717) is 29.5 Å². The summed E-state index contributed by atoms with van der Waals surface area (Å²) in [5.41, 5.74) is 0.720. The number of methoxy groups -OCH3 is 1. The van der Waals surface area contributed by atoms with Crippen LogP contribution in [0.3, 0.4) is 0 Å². The SMILES string of the molecule is COc1ccc2sc(N(Cc3ccco3)C(=O)C3CCN(S(=O)(=O)c4ccccc4F)CC3)nc2c1. The maximum absolute atomic E-state index is 14.2. The molecule has 11 heteroatoms. The van der Waals surface area contributed by atoms with E-state index < -0.39 is 21.8 Å². The highest BCUT2D eigenvalue weighted by atomic mass is 32.2. The zero-order chi connectivity index (χ0) is 25.3. The van der Waals surface area contributed by atoms with Crippen molar-refractivity contribution < 1.29 is 26.8 Å². The predicted octanol–water partition coefficient (Wildman–Crippen LogP) is 4.67. The number of fused-ring (bicyclic) bond motifs is 1. The lowest BCUT2D eigenvalue weighted by Gasteiger charge is -2.32. The average Bonchev–Trinajstić information content (AvgIpc) is 3.56. The van der Waals surface area contributed by atoms with Gasteiger partial charge in [0.1, 0.15) is 22.2 Å². The second kappa shape index (κ2) is 10.00. The van der Waals surface area contributed by atoms with Gasteiger partial charge in [-0.25, -0.2) is 17.8 Å². The van der Waals surface area contributed by atoms with E-state index in [1.807, 2.05) is 18.2 Å². The molecule has 0 spiro atoms. The molecule has 1 fully saturated rings. The Morgan fingerprint density at radius 2 is 1.97 bits per heavy atom. The normalized spacial score (nSPS) is 15.3. The zero-order valence-corrected chi connectivity index (χ0v) is 21.1. The van der Waals surface area contributed by atoms with Crippen molar-refractivity contribution in [3.05, 3.63) is 72.4 Å². The van der Waals surface area contributed by atoms with E-state index >= 15 is 0 Å². The number of anilines is 1. The van der Waals surface area contributed by atoms with Crippen LogP contribution in [-0.2, 0) is 21.4 Å². The third kappa shape index (κ3) is 4.73.